The number of rotatable bonds is 9. The van der Waals surface area contributed by atoms with E-state index in [2.05, 4.69) is 10.3 Å². The first-order valence-corrected chi connectivity index (χ1v) is 11.0. The van der Waals surface area contributed by atoms with Gasteiger partial charge in [0.15, 0.2) is 5.16 Å². The van der Waals surface area contributed by atoms with Gasteiger partial charge < -0.3 is 19.7 Å². The first-order valence-electron chi connectivity index (χ1n) is 9.60. The Bertz CT molecular complexity index is 1050. The van der Waals surface area contributed by atoms with Crippen molar-refractivity contribution in [3.05, 3.63) is 76.6 Å². The van der Waals surface area contributed by atoms with E-state index in [0.717, 1.165) is 5.56 Å². The Morgan fingerprint density at radius 2 is 1.94 bits per heavy atom. The summed E-state index contributed by atoms with van der Waals surface area (Å²) >= 11 is 7.19. The Kier molecular flexibility index (Phi) is 8.11. The average molecular weight is 460 g/mol. The Balaban J connectivity index is 1.67. The van der Waals surface area contributed by atoms with Crippen molar-refractivity contribution in [3.63, 3.8) is 0 Å². The molecule has 7 nitrogen and oxygen atoms in total. The van der Waals surface area contributed by atoms with E-state index in [-0.39, 0.29) is 24.9 Å². The van der Waals surface area contributed by atoms with Gasteiger partial charge in [0.05, 0.1) is 35.9 Å². The third-order valence-electron chi connectivity index (χ3n) is 4.25. The number of carbonyl (C=O) groups is 2. The molecule has 0 radical (unpaired) electrons. The van der Waals surface area contributed by atoms with Crippen molar-refractivity contribution in [3.8, 4) is 0 Å². The number of para-hydroxylation sites is 1. The predicted molar refractivity (Wildman–Crippen MR) is 120 cm³/mol. The van der Waals surface area contributed by atoms with Crippen molar-refractivity contribution < 1.29 is 19.4 Å². The molecule has 0 aliphatic heterocycles. The molecule has 0 spiro atoms. The number of hydrogen-bond acceptors (Lipinski definition) is 6. The number of aliphatic hydroxyl groups is 1. The van der Waals surface area contributed by atoms with Crippen LogP contribution in [0.5, 0.6) is 0 Å². The Labute approximate surface area is 189 Å². The molecule has 1 heterocycles. The maximum Gasteiger partial charge on any atom is 0.340 e. The second-order valence-electron chi connectivity index (χ2n) is 6.53. The lowest BCUT2D eigenvalue weighted by atomic mass is 10.2. The lowest BCUT2D eigenvalue weighted by Crippen LogP contribution is -2.17. The van der Waals surface area contributed by atoms with Crippen LogP contribution in [0.2, 0.25) is 5.02 Å². The van der Waals surface area contributed by atoms with Crippen LogP contribution in [0.15, 0.2) is 59.9 Å². The minimum atomic E-state index is -0.489. The molecule has 0 atom stereocenters. The van der Waals surface area contributed by atoms with Crippen molar-refractivity contribution >= 4 is 40.9 Å². The molecular formula is C22H22ClN3O4S. The highest BCUT2D eigenvalue weighted by Gasteiger charge is 2.15. The standard InChI is InChI=1S/C22H22ClN3O4S/c1-2-30-21(29)18-5-3-4-6-19(18)25-20(28)14-31-22-24-17(13-27)12-26(22)11-15-7-9-16(23)10-8-15/h3-10,12,27H,2,11,13-14H2,1H3,(H,25,28). The number of aromatic nitrogens is 2. The summed E-state index contributed by atoms with van der Waals surface area (Å²) in [6, 6.07) is 14.1. The molecule has 9 heteroatoms. The molecule has 1 amide bonds. The van der Waals surface area contributed by atoms with E-state index in [1.165, 1.54) is 11.8 Å². The molecule has 0 saturated carbocycles. The highest BCUT2D eigenvalue weighted by molar-refractivity contribution is 7.99. The van der Waals surface area contributed by atoms with Gasteiger partial charge in [0.25, 0.3) is 0 Å². The molecule has 0 aliphatic rings. The maximum atomic E-state index is 12.5. The fraction of sp³-hybridized carbons (Fsp3) is 0.227. The van der Waals surface area contributed by atoms with Crippen molar-refractivity contribution in [2.24, 2.45) is 0 Å². The number of carbonyl (C=O) groups excluding carboxylic acids is 2. The van der Waals surface area contributed by atoms with Gasteiger partial charge in [-0.15, -0.1) is 0 Å². The fourth-order valence-corrected chi connectivity index (χ4v) is 3.76. The molecule has 0 saturated heterocycles. The van der Waals surface area contributed by atoms with Crippen LogP contribution in [0.3, 0.4) is 0 Å². The highest BCUT2D eigenvalue weighted by Crippen LogP contribution is 2.22. The quantitative estimate of drug-likeness (QED) is 0.371. The first-order chi connectivity index (χ1) is 15.0. The molecule has 0 fully saturated rings. The lowest BCUT2D eigenvalue weighted by Gasteiger charge is -2.11. The molecule has 2 aromatic carbocycles. The predicted octanol–water partition coefficient (Wildman–Crippen LogP) is 3.98. The van der Waals surface area contributed by atoms with Crippen LogP contribution in [0.4, 0.5) is 5.69 Å². The summed E-state index contributed by atoms with van der Waals surface area (Å²) < 4.78 is 6.91. The van der Waals surface area contributed by atoms with Gasteiger partial charge in [-0.25, -0.2) is 9.78 Å². The number of imidazole rings is 1. The maximum absolute atomic E-state index is 12.5. The number of esters is 1. The molecule has 162 valence electrons. The summed E-state index contributed by atoms with van der Waals surface area (Å²) in [6.45, 7) is 2.31. The molecular weight excluding hydrogens is 438 g/mol. The average Bonchev–Trinajstić information content (AvgIpc) is 3.16. The number of thioether (sulfide) groups is 1. The third kappa shape index (κ3) is 6.33. The van der Waals surface area contributed by atoms with Crippen molar-refractivity contribution in [1.82, 2.24) is 9.55 Å². The van der Waals surface area contributed by atoms with Crippen LogP contribution in [0.1, 0.15) is 28.5 Å². The zero-order valence-corrected chi connectivity index (χ0v) is 18.4. The summed E-state index contributed by atoms with van der Waals surface area (Å²) in [5.41, 5.74) is 2.23. The molecule has 0 bridgehead atoms. The van der Waals surface area contributed by atoms with E-state index < -0.39 is 5.97 Å². The van der Waals surface area contributed by atoms with Gasteiger partial charge in [-0.2, -0.15) is 0 Å². The number of nitrogens with one attached hydrogen (secondary N) is 1. The van der Waals surface area contributed by atoms with Crippen LogP contribution >= 0.6 is 23.4 Å². The molecule has 3 rings (SSSR count). The first kappa shape index (κ1) is 22.9. The molecule has 3 aromatic rings. The van der Waals surface area contributed by atoms with Crippen LogP contribution < -0.4 is 5.32 Å². The van der Waals surface area contributed by atoms with E-state index in [0.29, 0.717) is 33.7 Å². The Morgan fingerprint density at radius 3 is 2.65 bits per heavy atom. The smallest absolute Gasteiger partial charge is 0.340 e. The molecule has 1 aromatic heterocycles. The number of aliphatic hydroxyl groups excluding tert-OH is 1. The fourth-order valence-electron chi connectivity index (χ4n) is 2.84. The summed E-state index contributed by atoms with van der Waals surface area (Å²) in [7, 11) is 0. The van der Waals surface area contributed by atoms with E-state index in [1.807, 2.05) is 28.8 Å². The monoisotopic (exact) mass is 459 g/mol. The van der Waals surface area contributed by atoms with Crippen molar-refractivity contribution in [2.75, 3.05) is 17.7 Å². The second-order valence-corrected chi connectivity index (χ2v) is 7.91. The summed E-state index contributed by atoms with van der Waals surface area (Å²) in [6.07, 6.45) is 1.75. The van der Waals surface area contributed by atoms with Gasteiger partial charge in [0, 0.05) is 17.8 Å². The summed E-state index contributed by atoms with van der Waals surface area (Å²) in [4.78, 5) is 29.0. The molecule has 2 N–H and O–H groups in total. The minimum Gasteiger partial charge on any atom is -0.462 e. The van der Waals surface area contributed by atoms with Crippen molar-refractivity contribution in [1.29, 1.82) is 0 Å². The minimum absolute atomic E-state index is 0.0830. The molecule has 0 unspecified atom stereocenters. The van der Waals surface area contributed by atoms with E-state index in [1.54, 1.807) is 37.4 Å². The van der Waals surface area contributed by atoms with E-state index in [4.69, 9.17) is 16.3 Å². The number of ether oxygens (including phenoxy) is 1. The van der Waals surface area contributed by atoms with Crippen LogP contribution in [-0.2, 0) is 22.7 Å². The molecule has 31 heavy (non-hydrogen) atoms. The number of amides is 1. The van der Waals surface area contributed by atoms with Gasteiger partial charge >= 0.3 is 5.97 Å². The Hall–Kier alpha value is -2.81. The summed E-state index contributed by atoms with van der Waals surface area (Å²) in [5.74, 6) is -0.690. The van der Waals surface area contributed by atoms with Crippen LogP contribution in [-0.4, -0.2) is 38.9 Å². The second kappa shape index (κ2) is 11.0. The lowest BCUT2D eigenvalue weighted by molar-refractivity contribution is -0.113. The zero-order valence-electron chi connectivity index (χ0n) is 16.9. The van der Waals surface area contributed by atoms with Gasteiger partial charge in [0.2, 0.25) is 5.91 Å². The topological polar surface area (TPSA) is 93.4 Å². The SMILES string of the molecule is CCOC(=O)c1ccccc1NC(=O)CSc1nc(CO)cn1Cc1ccc(Cl)cc1. The number of anilines is 1. The number of hydrogen-bond donors (Lipinski definition) is 2. The number of halogens is 1. The van der Waals surface area contributed by atoms with Gasteiger partial charge in [-0.05, 0) is 36.8 Å². The van der Waals surface area contributed by atoms with Gasteiger partial charge in [-0.3, -0.25) is 4.79 Å². The molecule has 0 aliphatic carbocycles. The van der Waals surface area contributed by atoms with Crippen molar-refractivity contribution in [2.45, 2.75) is 25.2 Å². The van der Waals surface area contributed by atoms with Gasteiger partial charge in [0.1, 0.15) is 0 Å². The Morgan fingerprint density at radius 1 is 1.19 bits per heavy atom. The van der Waals surface area contributed by atoms with E-state index in [9.17, 15) is 14.7 Å². The van der Waals surface area contributed by atoms with Gasteiger partial charge in [-0.1, -0.05) is 47.6 Å². The number of nitrogens with zero attached hydrogens (tertiary/aromatic N) is 2. The zero-order chi connectivity index (χ0) is 22.2. The van der Waals surface area contributed by atoms with Crippen LogP contribution in [0.25, 0.3) is 0 Å². The summed E-state index contributed by atoms with van der Waals surface area (Å²) in [5, 5.41) is 13.5. The van der Waals surface area contributed by atoms with Crippen LogP contribution in [0, 0.1) is 0 Å². The third-order valence-corrected chi connectivity index (χ3v) is 5.49. The largest absolute Gasteiger partial charge is 0.462 e. The number of benzene rings is 2. The normalized spacial score (nSPS) is 10.7. The highest BCUT2D eigenvalue weighted by atomic mass is 35.5. The van der Waals surface area contributed by atoms with E-state index >= 15 is 0 Å².